The molecule has 3 atom stereocenters. The second-order valence-electron chi connectivity index (χ2n) is 9.90. The van der Waals surface area contributed by atoms with Crippen LogP contribution in [0.3, 0.4) is 0 Å². The molecule has 8 heteroatoms. The molecule has 1 aliphatic carbocycles. The highest BCUT2D eigenvalue weighted by molar-refractivity contribution is 7.99. The van der Waals surface area contributed by atoms with Crippen LogP contribution in [0.25, 0.3) is 0 Å². The Morgan fingerprint density at radius 3 is 2.49 bits per heavy atom. The van der Waals surface area contributed by atoms with Crippen molar-refractivity contribution in [3.05, 3.63) is 60.1 Å². The van der Waals surface area contributed by atoms with Gasteiger partial charge in [-0.15, -0.1) is 11.8 Å². The first-order valence-electron chi connectivity index (χ1n) is 13.4. The summed E-state index contributed by atoms with van der Waals surface area (Å²) in [4.78, 5) is 39.2. The third-order valence-corrected chi connectivity index (χ3v) is 7.98. The molecule has 0 saturated heterocycles. The van der Waals surface area contributed by atoms with Crippen LogP contribution >= 0.6 is 11.8 Å². The second kappa shape index (κ2) is 15.5. The average molecular weight is 529 g/mol. The van der Waals surface area contributed by atoms with Crippen LogP contribution in [-0.2, 0) is 26.5 Å². The van der Waals surface area contributed by atoms with Crippen LogP contribution in [0.2, 0.25) is 0 Å². The predicted molar refractivity (Wildman–Crippen MR) is 146 cm³/mol. The summed E-state index contributed by atoms with van der Waals surface area (Å²) in [6, 6.07) is 11.8. The van der Waals surface area contributed by atoms with Crippen molar-refractivity contribution in [3.63, 3.8) is 0 Å². The molecule has 0 radical (unpaired) electrons. The van der Waals surface area contributed by atoms with Gasteiger partial charge in [0.05, 0.1) is 30.4 Å². The molecule has 3 rings (SSSR count). The van der Waals surface area contributed by atoms with Crippen molar-refractivity contribution in [2.24, 2.45) is 11.8 Å². The number of carbonyl (C=O) groups excluding carboxylic acids is 3. The van der Waals surface area contributed by atoms with Gasteiger partial charge in [-0.05, 0) is 48.8 Å². The molecule has 0 aliphatic heterocycles. The van der Waals surface area contributed by atoms with Gasteiger partial charge < -0.3 is 19.8 Å². The smallest absolute Gasteiger partial charge is 0.407 e. The minimum atomic E-state index is -0.786. The molecule has 202 valence electrons. The van der Waals surface area contributed by atoms with E-state index >= 15 is 0 Å². The standard InChI is InChI=1S/C29H40N2O5S/c1-3-21(2)27(31-29(34)36-18-23-13-8-5-9-14-23)28(33)30-25(17-22-11-6-4-7-12-22)26(32)20-37-19-24-15-10-16-35-24/h4,6-7,10-12,15-16,21,23,25,27H,3,5,8-9,13-14,17-20H2,1-2H3,(H,30,33)(H,31,34)/t21?,25-,27-/m0/s1. The van der Waals surface area contributed by atoms with E-state index < -0.39 is 18.2 Å². The second-order valence-corrected chi connectivity index (χ2v) is 10.9. The molecule has 0 bridgehead atoms. The Morgan fingerprint density at radius 1 is 1.05 bits per heavy atom. The number of hydrogen-bond acceptors (Lipinski definition) is 6. The third kappa shape index (κ3) is 9.91. The Hall–Kier alpha value is -2.74. The first-order valence-corrected chi connectivity index (χ1v) is 14.5. The van der Waals surface area contributed by atoms with Crippen molar-refractivity contribution < 1.29 is 23.5 Å². The number of benzene rings is 1. The summed E-state index contributed by atoms with van der Waals surface area (Å²) in [5, 5.41) is 5.71. The van der Waals surface area contributed by atoms with Gasteiger partial charge in [0, 0.05) is 0 Å². The molecule has 2 N–H and O–H groups in total. The molecule has 2 aromatic rings. The quantitative estimate of drug-likeness (QED) is 0.335. The fourth-order valence-electron chi connectivity index (χ4n) is 4.52. The Balaban J connectivity index is 1.61. The zero-order valence-corrected chi connectivity index (χ0v) is 22.8. The number of ether oxygens (including phenoxy) is 1. The van der Waals surface area contributed by atoms with Crippen molar-refractivity contribution in [1.82, 2.24) is 10.6 Å². The third-order valence-electron chi connectivity index (χ3n) is 7.00. The number of nitrogens with one attached hydrogen (secondary N) is 2. The molecule has 1 saturated carbocycles. The summed E-state index contributed by atoms with van der Waals surface area (Å²) in [6.07, 6.45) is 7.83. The van der Waals surface area contributed by atoms with Gasteiger partial charge >= 0.3 is 6.09 Å². The molecule has 1 heterocycles. The lowest BCUT2D eigenvalue weighted by Crippen LogP contribution is -2.55. The van der Waals surface area contributed by atoms with E-state index in [0.29, 0.717) is 31.1 Å². The van der Waals surface area contributed by atoms with Crippen molar-refractivity contribution >= 4 is 29.5 Å². The lowest BCUT2D eigenvalue weighted by Gasteiger charge is -2.27. The fourth-order valence-corrected chi connectivity index (χ4v) is 5.39. The molecular formula is C29H40N2O5S. The van der Waals surface area contributed by atoms with E-state index in [9.17, 15) is 14.4 Å². The summed E-state index contributed by atoms with van der Waals surface area (Å²) in [6.45, 7) is 4.26. The van der Waals surface area contributed by atoms with E-state index in [1.165, 1.54) is 31.0 Å². The van der Waals surface area contributed by atoms with E-state index in [-0.39, 0.29) is 23.4 Å². The summed E-state index contributed by atoms with van der Waals surface area (Å²) in [5.74, 6) is 1.45. The first kappa shape index (κ1) is 28.8. The Kier molecular flexibility index (Phi) is 12.1. The number of rotatable bonds is 14. The number of ketones is 1. The maximum absolute atomic E-state index is 13.4. The van der Waals surface area contributed by atoms with Crippen LogP contribution in [-0.4, -0.2) is 42.2 Å². The Labute approximate surface area is 224 Å². The van der Waals surface area contributed by atoms with E-state index in [0.717, 1.165) is 24.2 Å². The van der Waals surface area contributed by atoms with Crippen LogP contribution < -0.4 is 10.6 Å². The minimum absolute atomic E-state index is 0.0727. The van der Waals surface area contributed by atoms with E-state index in [1.807, 2.05) is 56.3 Å². The summed E-state index contributed by atoms with van der Waals surface area (Å²) < 4.78 is 10.8. The monoisotopic (exact) mass is 528 g/mol. The summed E-state index contributed by atoms with van der Waals surface area (Å²) in [5.41, 5.74) is 0.956. The van der Waals surface area contributed by atoms with Gasteiger partial charge in [0.15, 0.2) is 5.78 Å². The summed E-state index contributed by atoms with van der Waals surface area (Å²) in [7, 11) is 0. The molecule has 1 aliphatic rings. The Bertz CT molecular complexity index is 960. The minimum Gasteiger partial charge on any atom is -0.468 e. The van der Waals surface area contributed by atoms with Crippen molar-refractivity contribution in [1.29, 1.82) is 0 Å². The van der Waals surface area contributed by atoms with Gasteiger partial charge in [-0.25, -0.2) is 4.79 Å². The van der Waals surface area contributed by atoms with Crippen molar-refractivity contribution in [2.75, 3.05) is 12.4 Å². The SMILES string of the molecule is CCC(C)[C@H](NC(=O)OCC1CCCCC1)C(=O)N[C@@H](Cc1ccccc1)C(=O)CSCc1ccco1. The lowest BCUT2D eigenvalue weighted by molar-refractivity contribution is -0.128. The summed E-state index contributed by atoms with van der Waals surface area (Å²) >= 11 is 1.45. The van der Waals surface area contributed by atoms with Gasteiger partial charge in [0.2, 0.25) is 5.91 Å². The molecule has 1 aromatic carbocycles. The van der Waals surface area contributed by atoms with Crippen LogP contribution in [0.5, 0.6) is 0 Å². The van der Waals surface area contributed by atoms with Crippen LogP contribution in [0.1, 0.15) is 63.7 Å². The predicted octanol–water partition coefficient (Wildman–Crippen LogP) is 5.53. The largest absolute Gasteiger partial charge is 0.468 e. The highest BCUT2D eigenvalue weighted by Gasteiger charge is 2.30. The maximum Gasteiger partial charge on any atom is 0.407 e. The van der Waals surface area contributed by atoms with Gasteiger partial charge in [0.25, 0.3) is 0 Å². The van der Waals surface area contributed by atoms with Crippen LogP contribution in [0, 0.1) is 11.8 Å². The maximum atomic E-state index is 13.4. The Morgan fingerprint density at radius 2 is 1.81 bits per heavy atom. The number of alkyl carbamates (subject to hydrolysis) is 1. The number of carbonyl (C=O) groups is 3. The van der Waals surface area contributed by atoms with E-state index in [1.54, 1.807) is 6.26 Å². The molecule has 37 heavy (non-hydrogen) atoms. The van der Waals surface area contributed by atoms with Gasteiger partial charge in [0.1, 0.15) is 11.8 Å². The average Bonchev–Trinajstić information content (AvgIpc) is 3.44. The number of hydrogen-bond donors (Lipinski definition) is 2. The van der Waals surface area contributed by atoms with Crippen LogP contribution in [0.4, 0.5) is 4.79 Å². The number of thioether (sulfide) groups is 1. The van der Waals surface area contributed by atoms with Crippen molar-refractivity contribution in [2.45, 2.75) is 76.6 Å². The first-order chi connectivity index (χ1) is 18.0. The topological polar surface area (TPSA) is 97.6 Å². The van der Waals surface area contributed by atoms with E-state index in [2.05, 4.69) is 10.6 Å². The molecular weight excluding hydrogens is 488 g/mol. The number of amides is 2. The van der Waals surface area contributed by atoms with Crippen LogP contribution in [0.15, 0.2) is 53.1 Å². The highest BCUT2D eigenvalue weighted by atomic mass is 32.2. The molecule has 7 nitrogen and oxygen atoms in total. The molecule has 1 unspecified atom stereocenters. The zero-order chi connectivity index (χ0) is 26.5. The normalized spacial score (nSPS) is 16.4. The lowest BCUT2D eigenvalue weighted by atomic mass is 9.90. The number of furan rings is 1. The molecule has 2 amide bonds. The fraction of sp³-hybridized carbons (Fsp3) is 0.552. The van der Waals surface area contributed by atoms with Crippen molar-refractivity contribution in [3.8, 4) is 0 Å². The van der Waals surface area contributed by atoms with Gasteiger partial charge in [-0.2, -0.15) is 0 Å². The van der Waals surface area contributed by atoms with E-state index in [4.69, 9.17) is 9.15 Å². The molecule has 0 spiro atoms. The molecule has 1 fully saturated rings. The highest BCUT2D eigenvalue weighted by Crippen LogP contribution is 2.23. The number of Topliss-reactive ketones (excluding diaryl/α,β-unsaturated/α-hetero) is 1. The zero-order valence-electron chi connectivity index (χ0n) is 21.9. The van der Waals surface area contributed by atoms with Gasteiger partial charge in [-0.1, -0.05) is 69.9 Å². The van der Waals surface area contributed by atoms with Gasteiger partial charge in [-0.3, -0.25) is 9.59 Å². The molecule has 1 aromatic heterocycles.